The van der Waals surface area contributed by atoms with Gasteiger partial charge in [0.25, 0.3) is 0 Å². The zero-order valence-corrected chi connectivity index (χ0v) is 13.6. The van der Waals surface area contributed by atoms with E-state index in [2.05, 4.69) is 17.1 Å². The average molecular weight is 291 g/mol. The van der Waals surface area contributed by atoms with Crippen molar-refractivity contribution in [2.75, 3.05) is 26.7 Å². The van der Waals surface area contributed by atoms with Crippen molar-refractivity contribution in [3.05, 3.63) is 0 Å². The van der Waals surface area contributed by atoms with Gasteiger partial charge in [0.2, 0.25) is 5.91 Å². The zero-order chi connectivity index (χ0) is 13.4. The van der Waals surface area contributed by atoms with Crippen LogP contribution in [0.25, 0.3) is 0 Å². The summed E-state index contributed by atoms with van der Waals surface area (Å²) in [5.41, 5.74) is 0. The predicted octanol–water partition coefficient (Wildman–Crippen LogP) is 3.08. The maximum Gasteiger partial charge on any atom is 0.226 e. The Labute approximate surface area is 124 Å². The summed E-state index contributed by atoms with van der Waals surface area (Å²) in [7, 11) is 1.91. The first-order chi connectivity index (χ1) is 8.69. The van der Waals surface area contributed by atoms with Crippen LogP contribution in [0.5, 0.6) is 0 Å². The fraction of sp³-hybridized carbons (Fsp3) is 0.933. The fourth-order valence-electron chi connectivity index (χ4n) is 2.95. The molecule has 1 N–H and O–H groups in total. The Hall–Kier alpha value is -0.280. The van der Waals surface area contributed by atoms with Crippen LogP contribution in [0.1, 0.15) is 52.4 Å². The molecular weight excluding hydrogens is 260 g/mol. The van der Waals surface area contributed by atoms with E-state index in [9.17, 15) is 4.79 Å². The van der Waals surface area contributed by atoms with Crippen LogP contribution in [-0.2, 0) is 4.79 Å². The lowest BCUT2D eigenvalue weighted by Gasteiger charge is -2.31. The lowest BCUT2D eigenvalue weighted by Crippen LogP contribution is -2.41. The molecule has 0 radical (unpaired) electrons. The van der Waals surface area contributed by atoms with Crippen LogP contribution in [0.15, 0.2) is 0 Å². The molecule has 0 aromatic heterocycles. The number of carbonyl (C=O) groups excluding carboxylic acids is 1. The minimum absolute atomic E-state index is 0. The summed E-state index contributed by atoms with van der Waals surface area (Å²) in [4.78, 5) is 14.5. The molecule has 0 aromatic carbocycles. The Morgan fingerprint density at radius 1 is 1.32 bits per heavy atom. The minimum atomic E-state index is 0. The summed E-state index contributed by atoms with van der Waals surface area (Å²) in [6.45, 7) is 6.88. The van der Waals surface area contributed by atoms with Crippen LogP contribution in [0.4, 0.5) is 0 Å². The van der Waals surface area contributed by atoms with Gasteiger partial charge in [-0.15, -0.1) is 12.4 Å². The van der Waals surface area contributed by atoms with Gasteiger partial charge in [-0.25, -0.2) is 0 Å². The van der Waals surface area contributed by atoms with Crippen LogP contribution < -0.4 is 5.32 Å². The largest absolute Gasteiger partial charge is 0.342 e. The summed E-state index contributed by atoms with van der Waals surface area (Å²) in [5, 5.41) is 3.10. The van der Waals surface area contributed by atoms with Gasteiger partial charge < -0.3 is 10.2 Å². The molecule has 0 aromatic rings. The van der Waals surface area contributed by atoms with E-state index in [1.807, 2.05) is 14.0 Å². The van der Waals surface area contributed by atoms with E-state index in [1.54, 1.807) is 0 Å². The molecule has 1 unspecified atom stereocenters. The van der Waals surface area contributed by atoms with Crippen molar-refractivity contribution in [3.63, 3.8) is 0 Å². The smallest absolute Gasteiger partial charge is 0.226 e. The number of hydrogen-bond donors (Lipinski definition) is 1. The van der Waals surface area contributed by atoms with E-state index in [1.165, 1.54) is 32.1 Å². The van der Waals surface area contributed by atoms with Crippen molar-refractivity contribution in [3.8, 4) is 0 Å². The molecule has 3 nitrogen and oxygen atoms in total. The summed E-state index contributed by atoms with van der Waals surface area (Å²) in [6, 6.07) is 0. The first-order valence-corrected chi connectivity index (χ1v) is 7.62. The molecule has 1 amide bonds. The molecule has 0 spiro atoms. The van der Waals surface area contributed by atoms with Crippen molar-refractivity contribution in [2.24, 2.45) is 11.8 Å². The van der Waals surface area contributed by atoms with E-state index in [0.29, 0.717) is 5.91 Å². The Morgan fingerprint density at radius 2 is 1.95 bits per heavy atom. The topological polar surface area (TPSA) is 32.3 Å². The number of halogens is 1. The molecule has 0 aliphatic heterocycles. The highest BCUT2D eigenvalue weighted by atomic mass is 35.5. The van der Waals surface area contributed by atoms with Crippen LogP contribution >= 0.6 is 12.4 Å². The molecule has 1 fully saturated rings. The number of amides is 1. The molecule has 19 heavy (non-hydrogen) atoms. The lowest BCUT2D eigenvalue weighted by atomic mass is 9.88. The Bertz CT molecular complexity index is 242. The van der Waals surface area contributed by atoms with Gasteiger partial charge in [0.15, 0.2) is 0 Å². The molecule has 1 aliphatic rings. The molecule has 0 saturated heterocycles. The zero-order valence-electron chi connectivity index (χ0n) is 12.8. The summed E-state index contributed by atoms with van der Waals surface area (Å²) >= 11 is 0. The summed E-state index contributed by atoms with van der Waals surface area (Å²) < 4.78 is 0. The van der Waals surface area contributed by atoms with Crippen molar-refractivity contribution in [1.29, 1.82) is 0 Å². The van der Waals surface area contributed by atoms with Gasteiger partial charge in [0.1, 0.15) is 0 Å². The van der Waals surface area contributed by atoms with E-state index < -0.39 is 0 Å². The van der Waals surface area contributed by atoms with Crippen molar-refractivity contribution in [2.45, 2.75) is 52.4 Å². The highest BCUT2D eigenvalue weighted by molar-refractivity contribution is 5.85. The SMILES string of the molecule is CCCN(CC1CCCCC1)C(=O)C(C)CNC.Cl. The highest BCUT2D eigenvalue weighted by Gasteiger charge is 2.23. The second-order valence-electron chi connectivity index (χ2n) is 5.75. The van der Waals surface area contributed by atoms with E-state index in [0.717, 1.165) is 32.0 Å². The van der Waals surface area contributed by atoms with Gasteiger partial charge in [-0.1, -0.05) is 33.1 Å². The molecular formula is C15H31ClN2O. The van der Waals surface area contributed by atoms with Gasteiger partial charge in [-0.2, -0.15) is 0 Å². The lowest BCUT2D eigenvalue weighted by molar-refractivity contribution is -0.135. The van der Waals surface area contributed by atoms with Crippen LogP contribution in [0, 0.1) is 11.8 Å². The minimum Gasteiger partial charge on any atom is -0.342 e. The fourth-order valence-corrected chi connectivity index (χ4v) is 2.95. The van der Waals surface area contributed by atoms with E-state index >= 15 is 0 Å². The monoisotopic (exact) mass is 290 g/mol. The summed E-state index contributed by atoms with van der Waals surface area (Å²) in [6.07, 6.45) is 7.77. The summed E-state index contributed by atoms with van der Waals surface area (Å²) in [5.74, 6) is 1.18. The number of carbonyl (C=O) groups is 1. The van der Waals surface area contributed by atoms with Gasteiger partial charge in [-0.3, -0.25) is 4.79 Å². The van der Waals surface area contributed by atoms with Crippen LogP contribution in [0.3, 0.4) is 0 Å². The predicted molar refractivity (Wildman–Crippen MR) is 83.8 cm³/mol. The number of rotatable bonds is 7. The van der Waals surface area contributed by atoms with Crippen LogP contribution in [0.2, 0.25) is 0 Å². The van der Waals surface area contributed by atoms with Gasteiger partial charge >= 0.3 is 0 Å². The third kappa shape index (κ3) is 6.62. The first-order valence-electron chi connectivity index (χ1n) is 7.62. The van der Waals surface area contributed by atoms with E-state index in [4.69, 9.17) is 0 Å². The Morgan fingerprint density at radius 3 is 2.47 bits per heavy atom. The normalized spacial score (nSPS) is 17.6. The van der Waals surface area contributed by atoms with Gasteiger partial charge in [-0.05, 0) is 32.2 Å². The highest BCUT2D eigenvalue weighted by Crippen LogP contribution is 2.24. The van der Waals surface area contributed by atoms with Crippen molar-refractivity contribution >= 4 is 18.3 Å². The average Bonchev–Trinajstić information content (AvgIpc) is 2.39. The first kappa shape index (κ1) is 18.7. The maximum atomic E-state index is 12.4. The molecule has 1 atom stereocenters. The Balaban J connectivity index is 0.00000324. The molecule has 1 rings (SSSR count). The maximum absolute atomic E-state index is 12.4. The molecule has 0 bridgehead atoms. The molecule has 4 heteroatoms. The molecule has 1 saturated carbocycles. The molecule has 1 aliphatic carbocycles. The second kappa shape index (κ2) is 10.5. The molecule has 114 valence electrons. The van der Waals surface area contributed by atoms with Gasteiger partial charge in [0.05, 0.1) is 0 Å². The third-order valence-corrected chi connectivity index (χ3v) is 3.94. The number of nitrogens with one attached hydrogen (secondary N) is 1. The number of nitrogens with zero attached hydrogens (tertiary/aromatic N) is 1. The van der Waals surface area contributed by atoms with Crippen molar-refractivity contribution in [1.82, 2.24) is 10.2 Å². The molecule has 0 heterocycles. The van der Waals surface area contributed by atoms with E-state index in [-0.39, 0.29) is 18.3 Å². The Kier molecular flexibility index (Phi) is 10.3. The van der Waals surface area contributed by atoms with Crippen molar-refractivity contribution < 1.29 is 4.79 Å². The quantitative estimate of drug-likeness (QED) is 0.781. The second-order valence-corrected chi connectivity index (χ2v) is 5.75. The third-order valence-electron chi connectivity index (χ3n) is 3.94. The van der Waals surface area contributed by atoms with Crippen LogP contribution in [-0.4, -0.2) is 37.5 Å². The standard InChI is InChI=1S/C15H30N2O.ClH/c1-4-10-17(15(18)13(2)11-16-3)12-14-8-6-5-7-9-14;/h13-14,16H,4-12H2,1-3H3;1H. The number of hydrogen-bond acceptors (Lipinski definition) is 2. The van der Waals surface area contributed by atoms with Gasteiger partial charge in [0, 0.05) is 25.6 Å².